The highest BCUT2D eigenvalue weighted by atomic mass is 32.1. The summed E-state index contributed by atoms with van der Waals surface area (Å²) >= 11 is 1.68. The van der Waals surface area contributed by atoms with Gasteiger partial charge in [-0.05, 0) is 31.9 Å². The summed E-state index contributed by atoms with van der Waals surface area (Å²) in [5, 5.41) is 3.02. The van der Waals surface area contributed by atoms with Gasteiger partial charge in [0.2, 0.25) is 5.91 Å². The van der Waals surface area contributed by atoms with E-state index in [2.05, 4.69) is 27.8 Å². The van der Waals surface area contributed by atoms with Crippen LogP contribution in [0.5, 0.6) is 0 Å². The Kier molecular flexibility index (Phi) is 3.22. The molecule has 0 unspecified atom stereocenters. The van der Waals surface area contributed by atoms with E-state index >= 15 is 0 Å². The van der Waals surface area contributed by atoms with E-state index in [-0.39, 0.29) is 11.8 Å². The second kappa shape index (κ2) is 5.25. The third-order valence-corrected chi connectivity index (χ3v) is 5.09. The van der Waals surface area contributed by atoms with Gasteiger partial charge in [0.1, 0.15) is 0 Å². The minimum Gasteiger partial charge on any atom is -0.326 e. The number of thiazole rings is 1. The zero-order valence-corrected chi connectivity index (χ0v) is 13.2. The van der Waals surface area contributed by atoms with Gasteiger partial charge in [-0.3, -0.25) is 9.20 Å². The summed E-state index contributed by atoms with van der Waals surface area (Å²) in [7, 11) is 0. The third-order valence-electron chi connectivity index (χ3n) is 4.17. The second-order valence-corrected chi connectivity index (χ2v) is 7.07. The molecular formula is C17H17N3OS. The molecule has 1 saturated carbocycles. The molecule has 5 heteroatoms. The number of nitrogens with one attached hydrogen (secondary N) is 1. The number of hydrogen-bond donors (Lipinski definition) is 1. The van der Waals surface area contributed by atoms with Crippen molar-refractivity contribution in [3.8, 4) is 11.3 Å². The van der Waals surface area contributed by atoms with E-state index in [9.17, 15) is 4.79 Å². The quantitative estimate of drug-likeness (QED) is 0.791. The van der Waals surface area contributed by atoms with Crippen molar-refractivity contribution in [2.24, 2.45) is 5.92 Å². The third kappa shape index (κ3) is 2.41. The van der Waals surface area contributed by atoms with Gasteiger partial charge in [-0.2, -0.15) is 0 Å². The van der Waals surface area contributed by atoms with Gasteiger partial charge in [-0.15, -0.1) is 11.3 Å². The topological polar surface area (TPSA) is 46.4 Å². The maximum atomic E-state index is 12.1. The van der Waals surface area contributed by atoms with Gasteiger partial charge >= 0.3 is 0 Å². The van der Waals surface area contributed by atoms with Crippen molar-refractivity contribution in [1.82, 2.24) is 9.38 Å². The minimum absolute atomic E-state index is 0.143. The number of nitrogens with zero attached hydrogens (tertiary/aromatic N) is 2. The molecule has 22 heavy (non-hydrogen) atoms. The predicted octanol–water partition coefficient (Wildman–Crippen LogP) is 4.11. The van der Waals surface area contributed by atoms with Crippen LogP contribution in [0.25, 0.3) is 16.2 Å². The van der Waals surface area contributed by atoms with Crippen molar-refractivity contribution >= 4 is 27.9 Å². The summed E-state index contributed by atoms with van der Waals surface area (Å²) in [4.78, 5) is 18.9. The van der Waals surface area contributed by atoms with E-state index in [4.69, 9.17) is 0 Å². The molecule has 4 nitrogen and oxygen atoms in total. The van der Waals surface area contributed by atoms with Gasteiger partial charge in [0.05, 0.1) is 5.69 Å². The van der Waals surface area contributed by atoms with Gasteiger partial charge in [-0.1, -0.05) is 18.6 Å². The molecule has 0 radical (unpaired) electrons. The fourth-order valence-corrected chi connectivity index (χ4v) is 3.53. The van der Waals surface area contributed by atoms with Gasteiger partial charge in [0, 0.05) is 34.4 Å². The summed E-state index contributed by atoms with van der Waals surface area (Å²) in [6.07, 6.45) is 7.32. The number of imidazole rings is 1. The Bertz CT molecular complexity index is 813. The zero-order valence-electron chi connectivity index (χ0n) is 12.4. The lowest BCUT2D eigenvalue weighted by atomic mass is 9.85. The number of aryl methyl sites for hydroxylation is 1. The molecule has 1 fully saturated rings. The molecule has 112 valence electrons. The maximum absolute atomic E-state index is 12.1. The van der Waals surface area contributed by atoms with Crippen LogP contribution in [0.3, 0.4) is 0 Å². The number of fused-ring (bicyclic) bond motifs is 1. The highest BCUT2D eigenvalue weighted by molar-refractivity contribution is 7.17. The number of anilines is 1. The summed E-state index contributed by atoms with van der Waals surface area (Å²) in [5.74, 6) is 0.342. The van der Waals surface area contributed by atoms with Crippen LogP contribution in [0, 0.1) is 12.8 Å². The van der Waals surface area contributed by atoms with E-state index < -0.39 is 0 Å². The van der Waals surface area contributed by atoms with Crippen molar-refractivity contribution in [2.75, 3.05) is 5.32 Å². The largest absolute Gasteiger partial charge is 0.326 e. The van der Waals surface area contributed by atoms with E-state index in [0.29, 0.717) is 0 Å². The van der Waals surface area contributed by atoms with E-state index in [1.54, 1.807) is 11.3 Å². The van der Waals surface area contributed by atoms with Crippen LogP contribution >= 0.6 is 11.3 Å². The molecule has 2 heterocycles. The van der Waals surface area contributed by atoms with E-state index in [0.717, 1.165) is 34.7 Å². The lowest BCUT2D eigenvalue weighted by Gasteiger charge is -2.24. The van der Waals surface area contributed by atoms with Gasteiger partial charge in [0.15, 0.2) is 4.96 Å². The fourth-order valence-electron chi connectivity index (χ4n) is 2.72. The molecule has 0 aliphatic heterocycles. The monoisotopic (exact) mass is 311 g/mol. The van der Waals surface area contributed by atoms with Crippen LogP contribution in [0.15, 0.2) is 36.7 Å². The number of carbonyl (C=O) groups excluding carboxylic acids is 1. The molecule has 1 aliphatic rings. The Labute approximate surface area is 132 Å². The van der Waals surface area contributed by atoms with Gasteiger partial charge in [-0.25, -0.2) is 4.98 Å². The van der Waals surface area contributed by atoms with Crippen molar-refractivity contribution < 1.29 is 4.79 Å². The first-order valence-electron chi connectivity index (χ1n) is 7.55. The highest BCUT2D eigenvalue weighted by Gasteiger charge is 2.25. The molecule has 0 atom stereocenters. The smallest absolute Gasteiger partial charge is 0.227 e. The predicted molar refractivity (Wildman–Crippen MR) is 89.2 cm³/mol. The lowest BCUT2D eigenvalue weighted by molar-refractivity contribution is -0.122. The Morgan fingerprint density at radius 1 is 1.36 bits per heavy atom. The number of hydrogen-bond acceptors (Lipinski definition) is 3. The number of aromatic nitrogens is 2. The zero-order chi connectivity index (χ0) is 15.1. The Balaban J connectivity index is 1.60. The Morgan fingerprint density at radius 2 is 2.23 bits per heavy atom. The standard InChI is InChI=1S/C17H17N3OS/c1-11-9-20-10-15(19-17(20)22-11)13-6-3-7-14(8-13)18-16(21)12-4-2-5-12/h3,6-10,12H,2,4-5H2,1H3,(H,18,21). The molecule has 0 spiro atoms. The molecule has 2 aromatic heterocycles. The van der Waals surface area contributed by atoms with E-state index in [1.165, 1.54) is 11.3 Å². The van der Waals surface area contributed by atoms with Crippen LogP contribution < -0.4 is 5.32 Å². The molecule has 1 aliphatic carbocycles. The maximum Gasteiger partial charge on any atom is 0.227 e. The van der Waals surface area contributed by atoms with E-state index in [1.807, 2.05) is 30.5 Å². The van der Waals surface area contributed by atoms with Crippen molar-refractivity contribution in [2.45, 2.75) is 26.2 Å². The summed E-state index contributed by atoms with van der Waals surface area (Å²) in [5.41, 5.74) is 2.81. The molecule has 0 saturated heterocycles. The van der Waals surface area contributed by atoms with Crippen LogP contribution in [0.2, 0.25) is 0 Å². The fraction of sp³-hybridized carbons (Fsp3) is 0.294. The summed E-state index contributed by atoms with van der Waals surface area (Å²) < 4.78 is 2.05. The van der Waals surface area contributed by atoms with Crippen LogP contribution in [0.1, 0.15) is 24.1 Å². The number of amides is 1. The molecule has 4 rings (SSSR count). The molecule has 1 N–H and O–H groups in total. The van der Waals surface area contributed by atoms with Gasteiger partial charge in [0.25, 0.3) is 0 Å². The Morgan fingerprint density at radius 3 is 2.95 bits per heavy atom. The average Bonchev–Trinajstić information content (AvgIpc) is 2.94. The lowest BCUT2D eigenvalue weighted by Crippen LogP contribution is -2.27. The number of benzene rings is 1. The second-order valence-electron chi connectivity index (χ2n) is 5.86. The first-order chi connectivity index (χ1) is 10.7. The first kappa shape index (κ1) is 13.5. The molecular weight excluding hydrogens is 294 g/mol. The van der Waals surface area contributed by atoms with Crippen LogP contribution in [-0.2, 0) is 4.79 Å². The normalized spacial score (nSPS) is 15.0. The molecule has 0 bridgehead atoms. The van der Waals surface area contributed by atoms with Crippen LogP contribution in [0.4, 0.5) is 5.69 Å². The highest BCUT2D eigenvalue weighted by Crippen LogP contribution is 2.29. The van der Waals surface area contributed by atoms with Crippen LogP contribution in [-0.4, -0.2) is 15.3 Å². The molecule has 3 aromatic rings. The number of carbonyl (C=O) groups is 1. The van der Waals surface area contributed by atoms with Gasteiger partial charge < -0.3 is 5.32 Å². The average molecular weight is 311 g/mol. The summed E-state index contributed by atoms with van der Waals surface area (Å²) in [6.45, 7) is 2.08. The molecule has 1 amide bonds. The molecule has 1 aromatic carbocycles. The SMILES string of the molecule is Cc1cn2cc(-c3cccc(NC(=O)C4CCC4)c3)nc2s1. The van der Waals surface area contributed by atoms with Crippen molar-refractivity contribution in [3.05, 3.63) is 41.5 Å². The van der Waals surface area contributed by atoms with Crippen molar-refractivity contribution in [3.63, 3.8) is 0 Å². The van der Waals surface area contributed by atoms with Crippen molar-refractivity contribution in [1.29, 1.82) is 0 Å². The summed E-state index contributed by atoms with van der Waals surface area (Å²) in [6, 6.07) is 7.92. The minimum atomic E-state index is 0.143. The Hall–Kier alpha value is -2.14. The first-order valence-corrected chi connectivity index (χ1v) is 8.37. The number of rotatable bonds is 3.